The van der Waals surface area contributed by atoms with Gasteiger partial charge < -0.3 is 8.74 Å². The molecule has 1 unspecified atom stereocenters. The monoisotopic (exact) mass is 494 g/mol. The van der Waals surface area contributed by atoms with E-state index in [0.717, 1.165) is 28.7 Å². The number of halogens is 1. The molecule has 1 aromatic carbocycles. The zero-order valence-corrected chi connectivity index (χ0v) is 20.2. The van der Waals surface area contributed by atoms with Gasteiger partial charge in [-0.1, -0.05) is 49.7 Å². The van der Waals surface area contributed by atoms with Crippen LogP contribution in [0, 0.1) is 0 Å². The lowest BCUT2D eigenvalue weighted by Crippen LogP contribution is -2.24. The highest BCUT2D eigenvalue weighted by atomic mass is 35.5. The molecule has 2 aliphatic rings. The van der Waals surface area contributed by atoms with E-state index in [1.54, 1.807) is 6.07 Å². The van der Waals surface area contributed by atoms with Crippen LogP contribution in [0.25, 0.3) is 11.1 Å². The summed E-state index contributed by atoms with van der Waals surface area (Å²) in [5.41, 5.74) is 3.77. The summed E-state index contributed by atoms with van der Waals surface area (Å²) in [6.07, 6.45) is 2.01. The first-order valence-corrected chi connectivity index (χ1v) is 13.1. The van der Waals surface area contributed by atoms with Gasteiger partial charge in [0.2, 0.25) is 10.0 Å². The van der Waals surface area contributed by atoms with Gasteiger partial charge in [0.05, 0.1) is 4.90 Å². The number of hydrogen-bond acceptors (Lipinski definition) is 5. The Morgan fingerprint density at radius 3 is 2.31 bits per heavy atom. The number of benzene rings is 1. The third-order valence-corrected chi connectivity index (χ3v) is 7.25. The van der Waals surface area contributed by atoms with Gasteiger partial charge in [-0.2, -0.15) is 0 Å². The number of nitrogens with one attached hydrogen (secondary N) is 1. The number of aryl methyl sites for hydroxylation is 1. The molecule has 172 valence electrons. The van der Waals surface area contributed by atoms with Crippen LogP contribution in [-0.4, -0.2) is 23.7 Å². The second-order valence-corrected chi connectivity index (χ2v) is 10.6. The number of sulfonamides is 1. The van der Waals surface area contributed by atoms with Gasteiger partial charge in [-0.3, -0.25) is 0 Å². The van der Waals surface area contributed by atoms with E-state index in [9.17, 15) is 17.2 Å². The van der Waals surface area contributed by atoms with E-state index < -0.39 is 21.4 Å². The van der Waals surface area contributed by atoms with E-state index in [1.807, 2.05) is 24.3 Å². The molecule has 32 heavy (non-hydrogen) atoms. The van der Waals surface area contributed by atoms with Crippen LogP contribution >= 0.6 is 11.6 Å². The SMILES string of the molecule is CC(C)c1ccc2c(CCCCNS(=O)(=O)c3ccc(Cl)cc3)cc(OS(=O)[O-])c-2cc1. The molecule has 0 fully saturated rings. The fraction of sp³-hybridized carbons (Fsp3) is 0.304. The summed E-state index contributed by atoms with van der Waals surface area (Å²) in [6.45, 7) is 4.48. The van der Waals surface area contributed by atoms with Gasteiger partial charge in [0.25, 0.3) is 0 Å². The molecule has 0 spiro atoms. The second-order valence-electron chi connectivity index (χ2n) is 7.78. The van der Waals surface area contributed by atoms with Crippen molar-refractivity contribution in [3.8, 4) is 16.9 Å². The van der Waals surface area contributed by atoms with Crippen molar-refractivity contribution >= 4 is 33.0 Å². The molecule has 0 bridgehead atoms. The Kier molecular flexibility index (Phi) is 8.30. The number of unbranched alkanes of at least 4 members (excludes halogenated alkanes) is 1. The number of fused-ring (bicyclic) bond motifs is 1. The van der Waals surface area contributed by atoms with Crippen molar-refractivity contribution in [3.05, 3.63) is 70.7 Å². The molecule has 0 saturated carbocycles. The summed E-state index contributed by atoms with van der Waals surface area (Å²) in [7, 11) is -3.59. The lowest BCUT2D eigenvalue weighted by Gasteiger charge is -2.07. The summed E-state index contributed by atoms with van der Waals surface area (Å²) < 4.78 is 54.5. The highest BCUT2D eigenvalue weighted by Crippen LogP contribution is 2.39. The summed E-state index contributed by atoms with van der Waals surface area (Å²) in [5.74, 6) is 0.638. The van der Waals surface area contributed by atoms with E-state index in [1.165, 1.54) is 24.3 Å². The summed E-state index contributed by atoms with van der Waals surface area (Å²) in [5, 5.41) is 0.476. The first-order valence-electron chi connectivity index (χ1n) is 10.3. The topological polar surface area (TPSA) is 95.5 Å². The van der Waals surface area contributed by atoms with Crippen LogP contribution in [0.3, 0.4) is 0 Å². The first kappa shape index (κ1) is 24.7. The van der Waals surface area contributed by atoms with Crippen LogP contribution in [0.1, 0.15) is 43.7 Å². The minimum atomic E-state index is -3.59. The van der Waals surface area contributed by atoms with E-state index in [2.05, 4.69) is 18.6 Å². The molecule has 0 amide bonds. The second kappa shape index (κ2) is 10.8. The first-order chi connectivity index (χ1) is 15.2. The van der Waals surface area contributed by atoms with Gasteiger partial charge in [-0.15, -0.1) is 0 Å². The van der Waals surface area contributed by atoms with Crippen molar-refractivity contribution in [2.24, 2.45) is 0 Å². The van der Waals surface area contributed by atoms with Gasteiger partial charge in [0.15, 0.2) is 0 Å². The van der Waals surface area contributed by atoms with E-state index in [-0.39, 0.29) is 4.90 Å². The van der Waals surface area contributed by atoms with Crippen LogP contribution in [0.5, 0.6) is 5.75 Å². The molecule has 0 aromatic heterocycles. The zero-order valence-electron chi connectivity index (χ0n) is 17.8. The van der Waals surface area contributed by atoms with Crippen LogP contribution in [0.4, 0.5) is 0 Å². The fourth-order valence-corrected chi connectivity index (χ4v) is 4.97. The maximum Gasteiger partial charge on any atom is 0.240 e. The molecular weight excluding hydrogens is 470 g/mol. The molecule has 1 N–H and O–H groups in total. The molecule has 0 saturated heterocycles. The van der Waals surface area contributed by atoms with Crippen molar-refractivity contribution in [1.82, 2.24) is 4.72 Å². The Bertz CT molecular complexity index is 1160. The molecule has 1 atom stereocenters. The van der Waals surface area contributed by atoms with Crippen LogP contribution in [0.2, 0.25) is 5.02 Å². The summed E-state index contributed by atoms with van der Waals surface area (Å²) >= 11 is 3.15. The molecule has 9 heteroatoms. The molecule has 0 heterocycles. The third kappa shape index (κ3) is 6.30. The third-order valence-electron chi connectivity index (χ3n) is 5.21. The molecule has 6 nitrogen and oxygen atoms in total. The van der Waals surface area contributed by atoms with Gasteiger partial charge in [-0.05, 0) is 72.2 Å². The highest BCUT2D eigenvalue weighted by Gasteiger charge is 2.17. The quantitative estimate of drug-likeness (QED) is 0.314. The van der Waals surface area contributed by atoms with Crippen LogP contribution < -0.4 is 8.91 Å². The smallest absolute Gasteiger partial charge is 0.240 e. The Labute approximate surface area is 196 Å². The highest BCUT2D eigenvalue weighted by molar-refractivity contribution is 7.89. The zero-order chi connectivity index (χ0) is 23.3. The van der Waals surface area contributed by atoms with Crippen molar-refractivity contribution in [2.75, 3.05) is 6.54 Å². The Morgan fingerprint density at radius 2 is 1.69 bits per heavy atom. The van der Waals surface area contributed by atoms with Crippen molar-refractivity contribution < 1.29 is 21.4 Å². The predicted molar refractivity (Wildman–Crippen MR) is 126 cm³/mol. The van der Waals surface area contributed by atoms with Crippen molar-refractivity contribution in [2.45, 2.75) is 43.9 Å². The maximum absolute atomic E-state index is 12.3. The van der Waals surface area contributed by atoms with Gasteiger partial charge in [0.1, 0.15) is 17.1 Å². The average molecular weight is 495 g/mol. The number of rotatable bonds is 10. The largest absolute Gasteiger partial charge is 0.740 e. The molecule has 2 aliphatic carbocycles. The van der Waals surface area contributed by atoms with Gasteiger partial charge in [0, 0.05) is 17.1 Å². The molecule has 0 aliphatic heterocycles. The summed E-state index contributed by atoms with van der Waals surface area (Å²) in [6, 6.07) is 15.6. The van der Waals surface area contributed by atoms with Gasteiger partial charge >= 0.3 is 0 Å². The van der Waals surface area contributed by atoms with Crippen molar-refractivity contribution in [1.29, 1.82) is 0 Å². The predicted octanol–water partition coefficient (Wildman–Crippen LogP) is 5.04. The summed E-state index contributed by atoms with van der Waals surface area (Å²) in [4.78, 5) is 0.171. The molecular formula is C23H25ClNO5S2-. The minimum absolute atomic E-state index is 0.171. The van der Waals surface area contributed by atoms with Crippen LogP contribution in [-0.2, 0) is 27.8 Å². The number of hydrogen-bond donors (Lipinski definition) is 1. The Hall–Kier alpha value is -1.97. The van der Waals surface area contributed by atoms with E-state index in [4.69, 9.17) is 15.8 Å². The molecule has 3 rings (SSSR count). The minimum Gasteiger partial charge on any atom is -0.740 e. The van der Waals surface area contributed by atoms with E-state index >= 15 is 0 Å². The maximum atomic E-state index is 12.3. The van der Waals surface area contributed by atoms with Crippen LogP contribution in [0.15, 0.2) is 59.5 Å². The standard InChI is InChI=1S/C23H26ClNO5S2/c1-16(2)17-6-12-21-18(15-23(30-31(26)27)22(21)13-7-17)5-3-4-14-25-32(28,29)20-10-8-19(24)9-11-20/h6-13,15-16,25H,3-5,14H2,1-2H3,(H,26,27)/p-1. The molecule has 0 radical (unpaired) electrons. The Morgan fingerprint density at radius 1 is 1.03 bits per heavy atom. The van der Waals surface area contributed by atoms with Gasteiger partial charge in [-0.25, -0.2) is 17.3 Å². The molecule has 1 aromatic rings. The average Bonchev–Trinajstić information content (AvgIpc) is 2.89. The van der Waals surface area contributed by atoms with E-state index in [0.29, 0.717) is 36.1 Å². The Balaban J connectivity index is 1.66. The fourth-order valence-electron chi connectivity index (χ4n) is 3.48. The lowest BCUT2D eigenvalue weighted by molar-refractivity contribution is 0.441. The lowest BCUT2D eigenvalue weighted by atomic mass is 10.0. The van der Waals surface area contributed by atoms with Crippen molar-refractivity contribution in [3.63, 3.8) is 0 Å². The normalized spacial score (nSPS) is 12.9.